The monoisotopic (exact) mass is 363 g/mol. The van der Waals surface area contributed by atoms with Crippen molar-refractivity contribution in [3.63, 3.8) is 0 Å². The summed E-state index contributed by atoms with van der Waals surface area (Å²) < 4.78 is 0. The predicted octanol–water partition coefficient (Wildman–Crippen LogP) is -3.20. The van der Waals surface area contributed by atoms with Gasteiger partial charge in [-0.15, -0.1) is 0 Å². The van der Waals surface area contributed by atoms with Crippen LogP contribution in [0.15, 0.2) is 12.2 Å². The Morgan fingerprint density at radius 3 is 1.32 bits per heavy atom. The number of rotatable bonds is 0. The van der Waals surface area contributed by atoms with Gasteiger partial charge in [-0.05, 0) is 27.7 Å². The Bertz CT molecular complexity index is 240. The normalized spacial score (nSPS) is 14.0. The Balaban J connectivity index is -0.0000000796. The van der Waals surface area contributed by atoms with Gasteiger partial charge in [0.05, 0.1) is 0 Å². The van der Waals surface area contributed by atoms with E-state index in [0.717, 1.165) is 27.3 Å². The zero-order chi connectivity index (χ0) is 15.1. The van der Waals surface area contributed by atoms with Gasteiger partial charge in [0, 0.05) is 30.5 Å². The number of hydrogen-bond donors (Lipinski definition) is 1. The first-order valence-electron chi connectivity index (χ1n) is 5.02. The van der Waals surface area contributed by atoms with Gasteiger partial charge in [-0.3, -0.25) is 0 Å². The van der Waals surface area contributed by atoms with E-state index in [4.69, 9.17) is 29.7 Å². The van der Waals surface area contributed by atoms with Gasteiger partial charge >= 0.3 is 19.5 Å². The first-order chi connectivity index (χ1) is 8.09. The fourth-order valence-corrected chi connectivity index (χ4v) is 0.594. The number of carbonyl (C=O) groups excluding carboxylic acids is 3. The first-order valence-corrected chi connectivity index (χ1v) is 5.02. The summed E-state index contributed by atoms with van der Waals surface area (Å²) in [6.45, 7) is 6.12. The average molecular weight is 363 g/mol. The van der Waals surface area contributed by atoms with E-state index < -0.39 is 17.9 Å². The molecule has 0 saturated heterocycles. The smallest absolute Gasteiger partial charge is 0.550 e. The van der Waals surface area contributed by atoms with E-state index >= 15 is 0 Å². The third-order valence-electron chi connectivity index (χ3n) is 0.982. The summed E-state index contributed by atoms with van der Waals surface area (Å²) in [5.41, 5.74) is 0. The second-order valence-electron chi connectivity index (χ2n) is 3.10. The Labute approximate surface area is 125 Å². The van der Waals surface area contributed by atoms with Crippen LogP contribution in [0.5, 0.6) is 0 Å². The Morgan fingerprint density at radius 1 is 1.00 bits per heavy atom. The first kappa shape index (κ1) is 26.3. The van der Waals surface area contributed by atoms with Gasteiger partial charge in [-0.2, -0.15) is 0 Å². The van der Waals surface area contributed by atoms with Crippen LogP contribution >= 0.6 is 0 Å². The van der Waals surface area contributed by atoms with Gasteiger partial charge in [0.1, 0.15) is 0 Å². The summed E-state index contributed by atoms with van der Waals surface area (Å²) >= 11 is 0. The molecule has 1 rings (SSSR count). The van der Waals surface area contributed by atoms with Crippen molar-refractivity contribution in [1.29, 1.82) is 0 Å². The average Bonchev–Trinajstić information content (AvgIpc) is 2.51. The van der Waals surface area contributed by atoms with Crippen molar-refractivity contribution in [2.45, 2.75) is 33.7 Å². The molecule has 0 aromatic rings. The van der Waals surface area contributed by atoms with Gasteiger partial charge < -0.3 is 35.0 Å². The molecule has 1 heterocycles. The van der Waals surface area contributed by atoms with Crippen LogP contribution in [0.4, 0.5) is 0 Å². The van der Waals surface area contributed by atoms with Crippen LogP contribution in [0, 0.1) is 0 Å². The molecule has 0 aliphatic carbocycles. The topological polar surface area (TPSA) is 132 Å². The molecule has 8 heteroatoms. The minimum Gasteiger partial charge on any atom is -0.550 e. The van der Waals surface area contributed by atoms with Gasteiger partial charge in [0.15, 0.2) is 0 Å². The van der Waals surface area contributed by atoms with Crippen LogP contribution < -0.4 is 20.6 Å². The van der Waals surface area contributed by atoms with Crippen molar-refractivity contribution in [1.82, 2.24) is 5.32 Å². The molecule has 0 bridgehead atoms. The minimum atomic E-state index is -1.08. The molecule has 1 aliphatic rings. The largest absolute Gasteiger partial charge is 3.00 e. The summed E-state index contributed by atoms with van der Waals surface area (Å²) in [5, 5.41) is 29.9. The van der Waals surface area contributed by atoms with E-state index in [1.807, 2.05) is 0 Å². The predicted molar refractivity (Wildman–Crippen MR) is 58.6 cm³/mol. The molecule has 1 aliphatic heterocycles. The van der Waals surface area contributed by atoms with E-state index in [9.17, 15) is 0 Å². The van der Waals surface area contributed by atoms with Crippen LogP contribution in [0.25, 0.3) is 0 Å². The third-order valence-corrected chi connectivity index (χ3v) is 0.982. The zero-order valence-corrected chi connectivity index (χ0v) is 12.9. The van der Waals surface area contributed by atoms with Gasteiger partial charge in [0.2, 0.25) is 0 Å². The molecule has 1 atom stereocenters. The molecular formula is C11H18NO6Rh. The van der Waals surface area contributed by atoms with Crippen LogP contribution in [0.2, 0.25) is 0 Å². The van der Waals surface area contributed by atoms with Crippen molar-refractivity contribution in [3.8, 4) is 0 Å². The van der Waals surface area contributed by atoms with E-state index in [0.29, 0.717) is 6.04 Å². The third kappa shape index (κ3) is 111. The quantitative estimate of drug-likeness (QED) is 0.354. The molecule has 0 fully saturated rings. The van der Waals surface area contributed by atoms with E-state index in [1.165, 1.54) is 0 Å². The van der Waals surface area contributed by atoms with Crippen LogP contribution in [0.1, 0.15) is 27.7 Å². The fourth-order valence-electron chi connectivity index (χ4n) is 0.594. The van der Waals surface area contributed by atoms with E-state index in [2.05, 4.69) is 24.4 Å². The summed E-state index contributed by atoms with van der Waals surface area (Å²) in [6.07, 6.45) is 4.31. The van der Waals surface area contributed by atoms with Crippen molar-refractivity contribution >= 4 is 17.9 Å². The maximum atomic E-state index is 8.89. The van der Waals surface area contributed by atoms with Gasteiger partial charge in [0.25, 0.3) is 0 Å². The number of carboxylic acid groups (broad SMARTS) is 3. The molecule has 112 valence electrons. The molecule has 1 unspecified atom stereocenters. The molecule has 0 aromatic carbocycles. The SMILES string of the molecule is CC(=O)[O-].CC(=O)[O-].CC(=O)[O-].CC1C=CCN1.[Rh+3]. The van der Waals surface area contributed by atoms with Crippen molar-refractivity contribution < 1.29 is 49.2 Å². The molecule has 0 aromatic heterocycles. The summed E-state index contributed by atoms with van der Waals surface area (Å²) in [5.74, 6) is -3.25. The molecule has 0 amide bonds. The van der Waals surface area contributed by atoms with Crippen molar-refractivity contribution in [2.24, 2.45) is 0 Å². The molecule has 0 spiro atoms. The van der Waals surface area contributed by atoms with E-state index in [1.54, 1.807) is 0 Å². The number of carbonyl (C=O) groups is 3. The Hall–Kier alpha value is -1.27. The maximum absolute atomic E-state index is 8.89. The number of hydrogen-bond acceptors (Lipinski definition) is 7. The molecule has 7 nitrogen and oxygen atoms in total. The molecule has 0 radical (unpaired) electrons. The second-order valence-corrected chi connectivity index (χ2v) is 3.10. The van der Waals surface area contributed by atoms with Crippen molar-refractivity contribution in [2.75, 3.05) is 6.54 Å². The molecule has 19 heavy (non-hydrogen) atoms. The molecular weight excluding hydrogens is 345 g/mol. The number of nitrogens with one attached hydrogen (secondary N) is 1. The molecule has 0 saturated carbocycles. The Morgan fingerprint density at radius 2 is 1.26 bits per heavy atom. The summed E-state index contributed by atoms with van der Waals surface area (Å²) in [6, 6.07) is 0.616. The fraction of sp³-hybridized carbons (Fsp3) is 0.545. The molecule has 1 N–H and O–H groups in total. The van der Waals surface area contributed by atoms with E-state index in [-0.39, 0.29) is 19.5 Å². The van der Waals surface area contributed by atoms with Crippen LogP contribution in [-0.2, 0) is 33.9 Å². The van der Waals surface area contributed by atoms with Crippen LogP contribution in [-0.4, -0.2) is 30.5 Å². The Kier molecular flexibility index (Phi) is 26.4. The maximum Gasteiger partial charge on any atom is 3.00 e. The number of aliphatic carboxylic acids is 3. The van der Waals surface area contributed by atoms with Crippen LogP contribution in [0.3, 0.4) is 0 Å². The second kappa shape index (κ2) is 19.1. The number of carboxylic acids is 3. The summed E-state index contributed by atoms with van der Waals surface area (Å²) in [7, 11) is 0. The summed E-state index contributed by atoms with van der Waals surface area (Å²) in [4.78, 5) is 26.7. The zero-order valence-electron chi connectivity index (χ0n) is 11.2. The standard InChI is InChI=1S/C5H9N.3C2H4O2.Rh/c1-5-3-2-4-6-5;3*1-2(3)4;/h2-3,5-6H,4H2,1H3;3*1H3,(H,3,4);/q;;;;+3/p-3. The van der Waals surface area contributed by atoms with Gasteiger partial charge in [-0.25, -0.2) is 0 Å². The van der Waals surface area contributed by atoms with Gasteiger partial charge in [-0.1, -0.05) is 12.2 Å². The minimum absolute atomic E-state index is 0. The van der Waals surface area contributed by atoms with Crippen molar-refractivity contribution in [3.05, 3.63) is 12.2 Å².